The van der Waals surface area contributed by atoms with Crippen LogP contribution in [0.2, 0.25) is 0 Å². The van der Waals surface area contributed by atoms with Crippen LogP contribution in [-0.4, -0.2) is 25.7 Å². The van der Waals surface area contributed by atoms with Gasteiger partial charge in [0.25, 0.3) is 0 Å². The van der Waals surface area contributed by atoms with Gasteiger partial charge in [-0.05, 0) is 24.6 Å². The van der Waals surface area contributed by atoms with Crippen molar-refractivity contribution in [2.45, 2.75) is 12.8 Å². The average Bonchev–Trinajstić information content (AvgIpc) is 2.43. The van der Waals surface area contributed by atoms with Crippen LogP contribution in [0.25, 0.3) is 0 Å². The Morgan fingerprint density at radius 3 is 2.60 bits per heavy atom. The van der Waals surface area contributed by atoms with Gasteiger partial charge < -0.3 is 9.47 Å². The van der Waals surface area contributed by atoms with Gasteiger partial charge in [0.2, 0.25) is 0 Å². The van der Waals surface area contributed by atoms with E-state index in [9.17, 15) is 14.0 Å². The Bertz CT molecular complexity index is 498. The topological polar surface area (TPSA) is 52.6 Å². The largest absolute Gasteiger partial charge is 0.468 e. The average molecular weight is 280 g/mol. The quantitative estimate of drug-likeness (QED) is 0.456. The fourth-order valence-electron chi connectivity index (χ4n) is 1.93. The van der Waals surface area contributed by atoms with Crippen LogP contribution in [0, 0.1) is 11.7 Å². The highest BCUT2D eigenvalue weighted by molar-refractivity contribution is 5.96. The first-order valence-electron chi connectivity index (χ1n) is 6.17. The van der Waals surface area contributed by atoms with Gasteiger partial charge in [-0.3, -0.25) is 9.59 Å². The number of ether oxygens (including phenoxy) is 2. The van der Waals surface area contributed by atoms with Crippen molar-refractivity contribution in [1.82, 2.24) is 0 Å². The number of carbonyl (C=O) groups is 2. The highest BCUT2D eigenvalue weighted by Gasteiger charge is 2.36. The third-order valence-electron chi connectivity index (χ3n) is 2.84. The third-order valence-corrected chi connectivity index (χ3v) is 2.84. The van der Waals surface area contributed by atoms with E-state index < -0.39 is 29.6 Å². The number of carbonyl (C=O) groups excluding carboxylic acids is 2. The lowest BCUT2D eigenvalue weighted by atomic mass is 9.86. The fraction of sp³-hybridized carbons (Fsp3) is 0.333. The first kappa shape index (κ1) is 15.9. The number of allylic oxidation sites excluding steroid dienone is 1. The number of esters is 2. The Balaban J connectivity index is 3.17. The second kappa shape index (κ2) is 7.43. The maximum atomic E-state index is 13.3. The summed E-state index contributed by atoms with van der Waals surface area (Å²) in [5.74, 6) is -3.82. The summed E-state index contributed by atoms with van der Waals surface area (Å²) in [4.78, 5) is 23.8. The zero-order chi connectivity index (χ0) is 15.1. The first-order valence-corrected chi connectivity index (χ1v) is 6.17. The predicted octanol–water partition coefficient (Wildman–Crippen LogP) is 2.45. The molecule has 0 fully saturated rings. The molecular formula is C15H17FO4. The van der Waals surface area contributed by atoms with Gasteiger partial charge in [-0.15, -0.1) is 6.58 Å². The molecule has 0 aromatic heterocycles. The molecule has 0 aliphatic heterocycles. The Morgan fingerprint density at radius 2 is 2.10 bits per heavy atom. The van der Waals surface area contributed by atoms with E-state index in [1.807, 2.05) is 0 Å². The van der Waals surface area contributed by atoms with Gasteiger partial charge in [0, 0.05) is 5.92 Å². The maximum Gasteiger partial charge on any atom is 0.321 e. The summed E-state index contributed by atoms with van der Waals surface area (Å²) in [7, 11) is 1.18. The lowest BCUT2D eigenvalue weighted by Gasteiger charge is -2.21. The van der Waals surface area contributed by atoms with Crippen LogP contribution in [0.5, 0.6) is 0 Å². The minimum absolute atomic E-state index is 0.138. The molecule has 108 valence electrons. The summed E-state index contributed by atoms with van der Waals surface area (Å²) in [6, 6.07) is 5.65. The van der Waals surface area contributed by atoms with E-state index in [0.29, 0.717) is 5.56 Å². The Hall–Kier alpha value is -2.17. The highest BCUT2D eigenvalue weighted by atomic mass is 19.1. The van der Waals surface area contributed by atoms with Gasteiger partial charge in [0.05, 0.1) is 13.7 Å². The summed E-state index contributed by atoms with van der Waals surface area (Å²) < 4.78 is 22.8. The minimum Gasteiger partial charge on any atom is -0.468 e. The van der Waals surface area contributed by atoms with Crippen molar-refractivity contribution >= 4 is 11.9 Å². The third kappa shape index (κ3) is 3.66. The van der Waals surface area contributed by atoms with E-state index in [4.69, 9.17) is 4.74 Å². The van der Waals surface area contributed by atoms with Crippen molar-refractivity contribution < 1.29 is 23.5 Å². The molecule has 1 unspecified atom stereocenters. The lowest BCUT2D eigenvalue weighted by molar-refractivity contribution is -0.160. The number of methoxy groups -OCH3 is 1. The number of hydrogen-bond acceptors (Lipinski definition) is 4. The van der Waals surface area contributed by atoms with Crippen molar-refractivity contribution in [3.8, 4) is 0 Å². The van der Waals surface area contributed by atoms with Crippen LogP contribution < -0.4 is 0 Å². The van der Waals surface area contributed by atoms with Crippen LogP contribution >= 0.6 is 0 Å². The molecule has 1 rings (SSSR count). The van der Waals surface area contributed by atoms with Crippen LogP contribution in [0.1, 0.15) is 18.4 Å². The molecule has 4 nitrogen and oxygen atoms in total. The van der Waals surface area contributed by atoms with Gasteiger partial charge in [-0.2, -0.15) is 0 Å². The zero-order valence-corrected chi connectivity index (χ0v) is 11.5. The normalized spacial score (nSPS) is 13.2. The molecule has 0 saturated carbocycles. The molecule has 0 spiro atoms. The second-order valence-electron chi connectivity index (χ2n) is 4.07. The van der Waals surface area contributed by atoms with E-state index in [1.165, 1.54) is 31.4 Å². The van der Waals surface area contributed by atoms with E-state index in [-0.39, 0.29) is 6.61 Å². The highest BCUT2D eigenvalue weighted by Crippen LogP contribution is 2.28. The fourth-order valence-corrected chi connectivity index (χ4v) is 1.93. The van der Waals surface area contributed by atoms with Crippen molar-refractivity contribution in [3.63, 3.8) is 0 Å². The van der Waals surface area contributed by atoms with Gasteiger partial charge in [-0.1, -0.05) is 18.2 Å². The second-order valence-corrected chi connectivity index (χ2v) is 4.07. The summed E-state index contributed by atoms with van der Waals surface area (Å²) in [5, 5.41) is 0. The minimum atomic E-state index is -1.20. The first-order chi connectivity index (χ1) is 9.54. The van der Waals surface area contributed by atoms with Crippen LogP contribution in [0.15, 0.2) is 36.9 Å². The Kier molecular flexibility index (Phi) is 5.90. The molecule has 0 saturated heterocycles. The molecule has 0 amide bonds. The molecule has 0 radical (unpaired) electrons. The molecular weight excluding hydrogens is 263 g/mol. The van der Waals surface area contributed by atoms with Crippen LogP contribution in [0.4, 0.5) is 4.39 Å². The smallest absolute Gasteiger partial charge is 0.321 e. The molecule has 20 heavy (non-hydrogen) atoms. The monoisotopic (exact) mass is 280 g/mol. The molecule has 5 heteroatoms. The van der Waals surface area contributed by atoms with Gasteiger partial charge >= 0.3 is 11.9 Å². The lowest BCUT2D eigenvalue weighted by Crippen LogP contribution is -2.32. The Morgan fingerprint density at radius 1 is 1.40 bits per heavy atom. The SMILES string of the molecule is C=C[C@@H](c1cccc(F)c1)C(C(=O)OC)C(=O)OCC. The summed E-state index contributed by atoms with van der Waals surface area (Å²) >= 11 is 0. The van der Waals surface area contributed by atoms with Crippen molar-refractivity contribution in [3.05, 3.63) is 48.3 Å². The number of hydrogen-bond donors (Lipinski definition) is 0. The van der Waals surface area contributed by atoms with Crippen molar-refractivity contribution in [2.24, 2.45) is 5.92 Å². The predicted molar refractivity (Wildman–Crippen MR) is 71.5 cm³/mol. The molecule has 0 heterocycles. The molecule has 0 aliphatic carbocycles. The van der Waals surface area contributed by atoms with Crippen molar-refractivity contribution in [1.29, 1.82) is 0 Å². The van der Waals surface area contributed by atoms with Gasteiger partial charge in [0.1, 0.15) is 5.82 Å². The molecule has 0 N–H and O–H groups in total. The van der Waals surface area contributed by atoms with E-state index in [2.05, 4.69) is 11.3 Å². The number of halogens is 1. The molecule has 1 aromatic rings. The molecule has 0 aliphatic rings. The Labute approximate surface area is 117 Å². The van der Waals surface area contributed by atoms with Crippen LogP contribution in [0.3, 0.4) is 0 Å². The van der Waals surface area contributed by atoms with Crippen LogP contribution in [-0.2, 0) is 19.1 Å². The molecule has 2 atom stereocenters. The van der Waals surface area contributed by atoms with E-state index >= 15 is 0 Å². The summed E-state index contributed by atoms with van der Waals surface area (Å²) in [6.45, 7) is 5.38. The zero-order valence-electron chi connectivity index (χ0n) is 11.5. The van der Waals surface area contributed by atoms with E-state index in [0.717, 1.165) is 0 Å². The molecule has 1 aromatic carbocycles. The number of rotatable bonds is 6. The van der Waals surface area contributed by atoms with Crippen molar-refractivity contribution in [2.75, 3.05) is 13.7 Å². The van der Waals surface area contributed by atoms with Gasteiger partial charge in [0.15, 0.2) is 5.92 Å². The summed E-state index contributed by atoms with van der Waals surface area (Å²) in [5.41, 5.74) is 0.462. The molecule has 0 bridgehead atoms. The number of benzene rings is 1. The van der Waals surface area contributed by atoms with E-state index in [1.54, 1.807) is 13.0 Å². The standard InChI is InChI=1S/C15H17FO4/c1-4-12(10-7-6-8-11(16)9-10)13(14(17)19-3)15(18)20-5-2/h4,6-9,12-13H,1,5H2,2-3H3/t12-,13?/m0/s1. The summed E-state index contributed by atoms with van der Waals surface area (Å²) in [6.07, 6.45) is 1.41. The maximum absolute atomic E-state index is 13.3. The van der Waals surface area contributed by atoms with Gasteiger partial charge in [-0.25, -0.2) is 4.39 Å².